The molecule has 1 aliphatic heterocycles. The Bertz CT molecular complexity index is 943. The zero-order valence-electron chi connectivity index (χ0n) is 17.9. The molecule has 2 N–H and O–H groups in total. The van der Waals surface area contributed by atoms with Gasteiger partial charge in [-0.3, -0.25) is 9.59 Å². The molecule has 166 valence electrons. The van der Waals surface area contributed by atoms with Crippen LogP contribution < -0.4 is 15.5 Å². The molecule has 0 atom stereocenters. The van der Waals surface area contributed by atoms with E-state index in [2.05, 4.69) is 20.4 Å². The van der Waals surface area contributed by atoms with Crippen LogP contribution in [0.4, 0.5) is 11.4 Å². The van der Waals surface area contributed by atoms with Gasteiger partial charge in [0.1, 0.15) is 0 Å². The third-order valence-electron chi connectivity index (χ3n) is 5.20. The van der Waals surface area contributed by atoms with Crippen LogP contribution in [0.1, 0.15) is 40.0 Å². The smallest absolute Gasteiger partial charge is 0.255 e. The number of nitrogens with zero attached hydrogens (tertiary/aromatic N) is 2. The summed E-state index contributed by atoms with van der Waals surface area (Å²) in [7, 11) is 4.01. The maximum absolute atomic E-state index is 13.0. The zero-order valence-corrected chi connectivity index (χ0v) is 19.4. The molecule has 6 nitrogen and oxygen atoms in total. The van der Waals surface area contributed by atoms with Gasteiger partial charge in [-0.1, -0.05) is 23.2 Å². The third kappa shape index (κ3) is 6.35. The summed E-state index contributed by atoms with van der Waals surface area (Å²) in [5.74, 6) is -0.448. The number of nitrogens with one attached hydrogen (secondary N) is 2. The van der Waals surface area contributed by atoms with Crippen molar-refractivity contribution >= 4 is 46.4 Å². The molecule has 1 fully saturated rings. The van der Waals surface area contributed by atoms with E-state index in [1.54, 1.807) is 18.2 Å². The molecule has 0 radical (unpaired) electrons. The second-order valence-corrected chi connectivity index (χ2v) is 8.74. The largest absolute Gasteiger partial charge is 0.371 e. The fourth-order valence-corrected chi connectivity index (χ4v) is 3.86. The second kappa shape index (κ2) is 10.8. The van der Waals surface area contributed by atoms with Crippen LogP contribution in [0.15, 0.2) is 36.4 Å². The minimum absolute atomic E-state index is 0.133. The molecule has 0 aromatic heterocycles. The Morgan fingerprint density at radius 2 is 1.74 bits per heavy atom. The molecule has 1 aliphatic rings. The Morgan fingerprint density at radius 3 is 2.42 bits per heavy atom. The molecule has 2 aromatic rings. The van der Waals surface area contributed by atoms with Gasteiger partial charge in [0.2, 0.25) is 0 Å². The Morgan fingerprint density at radius 1 is 1.00 bits per heavy atom. The van der Waals surface area contributed by atoms with Crippen molar-refractivity contribution in [3.05, 3.63) is 57.6 Å². The van der Waals surface area contributed by atoms with Crippen molar-refractivity contribution in [3.8, 4) is 0 Å². The number of halogens is 2. The number of carbonyl (C=O) groups is 2. The summed E-state index contributed by atoms with van der Waals surface area (Å²) in [5.41, 5.74) is 2.42. The highest BCUT2D eigenvalue weighted by atomic mass is 35.5. The van der Waals surface area contributed by atoms with Gasteiger partial charge in [0.05, 0.1) is 15.6 Å². The van der Waals surface area contributed by atoms with E-state index in [-0.39, 0.29) is 11.8 Å². The summed E-state index contributed by atoms with van der Waals surface area (Å²) in [6.45, 7) is 3.35. The second-order valence-electron chi connectivity index (χ2n) is 7.92. The van der Waals surface area contributed by atoms with Crippen LogP contribution in [-0.4, -0.2) is 57.0 Å². The van der Waals surface area contributed by atoms with E-state index in [4.69, 9.17) is 23.2 Å². The van der Waals surface area contributed by atoms with E-state index in [0.29, 0.717) is 33.4 Å². The van der Waals surface area contributed by atoms with Gasteiger partial charge in [-0.15, -0.1) is 0 Å². The van der Waals surface area contributed by atoms with E-state index < -0.39 is 0 Å². The van der Waals surface area contributed by atoms with E-state index in [1.807, 2.05) is 26.2 Å². The Hall–Kier alpha value is -2.28. The molecular weight excluding hydrogens is 435 g/mol. The van der Waals surface area contributed by atoms with Gasteiger partial charge >= 0.3 is 0 Å². The summed E-state index contributed by atoms with van der Waals surface area (Å²) in [4.78, 5) is 29.9. The molecular formula is C23H28Cl2N4O2. The van der Waals surface area contributed by atoms with Crippen LogP contribution >= 0.6 is 23.2 Å². The normalized spacial score (nSPS) is 13.5. The first-order chi connectivity index (χ1) is 14.8. The molecule has 31 heavy (non-hydrogen) atoms. The van der Waals surface area contributed by atoms with Crippen LogP contribution in [0, 0.1) is 0 Å². The Kier molecular flexibility index (Phi) is 8.18. The fourth-order valence-electron chi connectivity index (χ4n) is 3.56. The van der Waals surface area contributed by atoms with Crippen molar-refractivity contribution in [3.63, 3.8) is 0 Å². The number of rotatable bonds is 8. The van der Waals surface area contributed by atoms with Gasteiger partial charge < -0.3 is 20.4 Å². The highest BCUT2D eigenvalue weighted by Crippen LogP contribution is 2.28. The highest BCUT2D eigenvalue weighted by Gasteiger charge is 2.20. The highest BCUT2D eigenvalue weighted by molar-refractivity contribution is 6.42. The molecule has 0 bridgehead atoms. The van der Waals surface area contributed by atoms with E-state index >= 15 is 0 Å². The molecule has 1 saturated heterocycles. The van der Waals surface area contributed by atoms with Gasteiger partial charge in [-0.05, 0) is 76.3 Å². The lowest BCUT2D eigenvalue weighted by molar-refractivity contribution is 0.0951. The zero-order chi connectivity index (χ0) is 22.4. The molecule has 8 heteroatoms. The van der Waals surface area contributed by atoms with Crippen LogP contribution in [0.3, 0.4) is 0 Å². The first-order valence-electron chi connectivity index (χ1n) is 10.4. The van der Waals surface area contributed by atoms with Crippen LogP contribution in [0.2, 0.25) is 10.0 Å². The molecule has 1 heterocycles. The minimum Gasteiger partial charge on any atom is -0.371 e. The van der Waals surface area contributed by atoms with Crippen LogP contribution in [0.5, 0.6) is 0 Å². The molecule has 2 amide bonds. The SMILES string of the molecule is CN(C)CCCNC(=O)c1cc(NC(=O)c2ccc(Cl)c(Cl)c2)ccc1N1CCCC1. The van der Waals surface area contributed by atoms with Gasteiger partial charge in [0.15, 0.2) is 0 Å². The quantitative estimate of drug-likeness (QED) is 0.565. The van der Waals surface area contributed by atoms with Crippen LogP contribution in [0.25, 0.3) is 0 Å². The van der Waals surface area contributed by atoms with Gasteiger partial charge in [-0.2, -0.15) is 0 Å². The number of carbonyl (C=O) groups excluding carboxylic acids is 2. The maximum Gasteiger partial charge on any atom is 0.255 e. The first kappa shape index (κ1) is 23.4. The molecule has 0 unspecified atom stereocenters. The first-order valence-corrected chi connectivity index (χ1v) is 11.2. The molecule has 0 aliphatic carbocycles. The summed E-state index contributed by atoms with van der Waals surface area (Å²) in [6.07, 6.45) is 3.09. The fraction of sp³-hybridized carbons (Fsp3) is 0.391. The van der Waals surface area contributed by atoms with Gasteiger partial charge in [0.25, 0.3) is 11.8 Å². The maximum atomic E-state index is 13.0. The average molecular weight is 463 g/mol. The van der Waals surface area contributed by atoms with Crippen molar-refractivity contribution < 1.29 is 9.59 Å². The lowest BCUT2D eigenvalue weighted by Gasteiger charge is -2.22. The topological polar surface area (TPSA) is 64.7 Å². The van der Waals surface area contributed by atoms with E-state index in [0.717, 1.165) is 44.6 Å². The molecule has 0 saturated carbocycles. The van der Waals surface area contributed by atoms with Crippen LogP contribution in [-0.2, 0) is 0 Å². The summed E-state index contributed by atoms with van der Waals surface area (Å²) in [6, 6.07) is 10.2. The summed E-state index contributed by atoms with van der Waals surface area (Å²) < 4.78 is 0. The Labute approximate surface area is 193 Å². The number of hydrogen-bond donors (Lipinski definition) is 2. The van der Waals surface area contributed by atoms with Crippen molar-refractivity contribution in [2.24, 2.45) is 0 Å². The average Bonchev–Trinajstić information content (AvgIpc) is 3.27. The van der Waals surface area contributed by atoms with Gasteiger partial charge in [0, 0.05) is 36.6 Å². The molecule has 2 aromatic carbocycles. The lowest BCUT2D eigenvalue weighted by Crippen LogP contribution is -2.29. The molecule has 0 spiro atoms. The summed E-state index contributed by atoms with van der Waals surface area (Å²) >= 11 is 12.0. The predicted molar refractivity (Wildman–Crippen MR) is 128 cm³/mol. The minimum atomic E-state index is -0.315. The monoisotopic (exact) mass is 462 g/mol. The third-order valence-corrected chi connectivity index (χ3v) is 5.93. The summed E-state index contributed by atoms with van der Waals surface area (Å²) in [5, 5.41) is 6.57. The predicted octanol–water partition coefficient (Wildman–Crippen LogP) is 4.53. The molecule has 3 rings (SSSR count). The van der Waals surface area contributed by atoms with Crippen molar-refractivity contribution in [2.45, 2.75) is 19.3 Å². The number of anilines is 2. The standard InChI is InChI=1S/C23H28Cl2N4O2/c1-28(2)11-5-10-26-23(31)18-15-17(7-9-21(18)29-12-3-4-13-29)27-22(30)16-6-8-19(24)20(25)14-16/h6-9,14-15H,3-5,10-13H2,1-2H3,(H,26,31)(H,27,30). The number of amides is 2. The van der Waals surface area contributed by atoms with Crippen molar-refractivity contribution in [1.29, 1.82) is 0 Å². The lowest BCUT2D eigenvalue weighted by atomic mass is 10.1. The van der Waals surface area contributed by atoms with Crippen molar-refractivity contribution in [2.75, 3.05) is 50.5 Å². The van der Waals surface area contributed by atoms with Gasteiger partial charge in [-0.25, -0.2) is 0 Å². The van der Waals surface area contributed by atoms with Crippen molar-refractivity contribution in [1.82, 2.24) is 10.2 Å². The van der Waals surface area contributed by atoms with E-state index in [1.165, 1.54) is 6.07 Å². The van der Waals surface area contributed by atoms with E-state index in [9.17, 15) is 9.59 Å². The number of hydrogen-bond acceptors (Lipinski definition) is 4. The number of benzene rings is 2. The Balaban J connectivity index is 1.78.